The zero-order valence-electron chi connectivity index (χ0n) is 16.3. The normalized spacial score (nSPS) is 11.6. The first-order valence-corrected chi connectivity index (χ1v) is 9.57. The van der Waals surface area contributed by atoms with Crippen molar-refractivity contribution in [1.29, 1.82) is 0 Å². The molecule has 4 N–H and O–H groups in total. The zero-order valence-corrected chi connectivity index (χ0v) is 16.3. The van der Waals surface area contributed by atoms with Gasteiger partial charge in [0.25, 0.3) is 5.91 Å². The van der Waals surface area contributed by atoms with Crippen LogP contribution in [0.3, 0.4) is 0 Å². The van der Waals surface area contributed by atoms with Crippen LogP contribution in [0.4, 0.5) is 16.2 Å². The number of amides is 3. The second-order valence-corrected chi connectivity index (χ2v) is 6.86. The number of aromatic nitrogens is 2. The number of H-pyrrole nitrogens is 1. The highest BCUT2D eigenvalue weighted by Crippen LogP contribution is 2.17. The van der Waals surface area contributed by atoms with Crippen LogP contribution in [-0.2, 0) is 0 Å². The van der Waals surface area contributed by atoms with E-state index in [1.807, 2.05) is 49.4 Å². The summed E-state index contributed by atoms with van der Waals surface area (Å²) in [7, 11) is 0. The van der Waals surface area contributed by atoms with Crippen molar-refractivity contribution in [3.8, 4) is 0 Å². The second kappa shape index (κ2) is 8.48. The lowest BCUT2D eigenvalue weighted by molar-refractivity contribution is 0.0938. The number of imidazole rings is 1. The SMILES string of the molecule is CC(NC(=O)c1ccc(NC(=O)Nc2ccccc2)cc1)c1nc2ccccc2[nH]1. The van der Waals surface area contributed by atoms with Crippen molar-refractivity contribution in [1.82, 2.24) is 15.3 Å². The number of hydrogen-bond donors (Lipinski definition) is 4. The number of anilines is 2. The molecule has 0 radical (unpaired) electrons. The third-order valence-electron chi connectivity index (χ3n) is 4.60. The van der Waals surface area contributed by atoms with Gasteiger partial charge in [-0.1, -0.05) is 30.3 Å². The summed E-state index contributed by atoms with van der Waals surface area (Å²) in [5.74, 6) is 0.476. The number of benzene rings is 3. The van der Waals surface area contributed by atoms with E-state index in [4.69, 9.17) is 0 Å². The number of carbonyl (C=O) groups excluding carboxylic acids is 2. The van der Waals surface area contributed by atoms with E-state index in [1.54, 1.807) is 36.4 Å². The average Bonchev–Trinajstić information content (AvgIpc) is 3.19. The van der Waals surface area contributed by atoms with Crippen molar-refractivity contribution < 1.29 is 9.59 Å². The van der Waals surface area contributed by atoms with E-state index in [9.17, 15) is 9.59 Å². The first kappa shape index (κ1) is 19.2. The number of para-hydroxylation sites is 3. The molecular formula is C23H21N5O2. The van der Waals surface area contributed by atoms with E-state index >= 15 is 0 Å². The zero-order chi connectivity index (χ0) is 20.9. The largest absolute Gasteiger partial charge is 0.342 e. The van der Waals surface area contributed by atoms with Crippen LogP contribution in [0, 0.1) is 0 Å². The fourth-order valence-electron chi connectivity index (χ4n) is 3.05. The number of hydrogen-bond acceptors (Lipinski definition) is 3. The molecule has 1 atom stereocenters. The smallest absolute Gasteiger partial charge is 0.323 e. The third-order valence-corrected chi connectivity index (χ3v) is 4.60. The van der Waals surface area contributed by atoms with Gasteiger partial charge in [-0.05, 0) is 55.5 Å². The van der Waals surface area contributed by atoms with Gasteiger partial charge in [0.1, 0.15) is 5.82 Å². The van der Waals surface area contributed by atoms with Gasteiger partial charge in [-0.25, -0.2) is 9.78 Å². The maximum absolute atomic E-state index is 12.6. The quantitative estimate of drug-likeness (QED) is 0.391. The van der Waals surface area contributed by atoms with Crippen molar-refractivity contribution in [3.05, 3.63) is 90.3 Å². The molecule has 1 aromatic heterocycles. The van der Waals surface area contributed by atoms with Crippen LogP contribution >= 0.6 is 0 Å². The summed E-state index contributed by atoms with van der Waals surface area (Å²) in [5.41, 5.74) is 3.57. The lowest BCUT2D eigenvalue weighted by Crippen LogP contribution is -2.27. The molecule has 0 aliphatic carbocycles. The number of rotatable bonds is 5. The standard InChI is InChI=1S/C23H21N5O2/c1-15(21-27-19-9-5-6-10-20(19)28-21)24-22(29)16-11-13-18(14-12-16)26-23(30)25-17-7-3-2-4-8-17/h2-15H,1H3,(H,24,29)(H,27,28)(H2,25,26,30). The van der Waals surface area contributed by atoms with E-state index in [2.05, 4.69) is 25.9 Å². The molecule has 3 aromatic carbocycles. The summed E-state index contributed by atoms with van der Waals surface area (Å²) in [5, 5.41) is 8.42. The van der Waals surface area contributed by atoms with Crippen LogP contribution in [0.2, 0.25) is 0 Å². The molecular weight excluding hydrogens is 378 g/mol. The molecule has 0 spiro atoms. The number of fused-ring (bicyclic) bond motifs is 1. The van der Waals surface area contributed by atoms with Crippen LogP contribution in [-0.4, -0.2) is 21.9 Å². The molecule has 0 fully saturated rings. The van der Waals surface area contributed by atoms with Crippen molar-refractivity contribution in [2.45, 2.75) is 13.0 Å². The van der Waals surface area contributed by atoms with Crippen LogP contribution in [0.15, 0.2) is 78.9 Å². The van der Waals surface area contributed by atoms with Gasteiger partial charge in [-0.3, -0.25) is 4.79 Å². The minimum absolute atomic E-state index is 0.219. The molecule has 0 aliphatic heterocycles. The lowest BCUT2D eigenvalue weighted by atomic mass is 10.2. The Labute approximate surface area is 173 Å². The highest BCUT2D eigenvalue weighted by molar-refractivity contribution is 6.00. The summed E-state index contributed by atoms with van der Waals surface area (Å²) >= 11 is 0. The summed E-state index contributed by atoms with van der Waals surface area (Å²) in [6, 6.07) is 23.0. The molecule has 150 valence electrons. The molecule has 1 heterocycles. The maximum Gasteiger partial charge on any atom is 0.323 e. The highest BCUT2D eigenvalue weighted by atomic mass is 16.2. The van der Waals surface area contributed by atoms with Gasteiger partial charge in [0.2, 0.25) is 0 Å². The minimum atomic E-state index is -0.350. The van der Waals surface area contributed by atoms with Gasteiger partial charge < -0.3 is 20.9 Å². The monoisotopic (exact) mass is 399 g/mol. The van der Waals surface area contributed by atoms with E-state index in [0.29, 0.717) is 22.8 Å². The second-order valence-electron chi connectivity index (χ2n) is 6.86. The molecule has 3 amide bonds. The van der Waals surface area contributed by atoms with Gasteiger partial charge in [0, 0.05) is 16.9 Å². The molecule has 30 heavy (non-hydrogen) atoms. The minimum Gasteiger partial charge on any atom is -0.342 e. The Hall–Kier alpha value is -4.13. The number of urea groups is 1. The Kier molecular flexibility index (Phi) is 5.43. The topological polar surface area (TPSA) is 98.9 Å². The first-order chi connectivity index (χ1) is 14.6. The van der Waals surface area contributed by atoms with Gasteiger partial charge in [0.05, 0.1) is 17.1 Å². The molecule has 7 nitrogen and oxygen atoms in total. The molecule has 0 aliphatic rings. The van der Waals surface area contributed by atoms with Crippen molar-refractivity contribution in [2.24, 2.45) is 0 Å². The average molecular weight is 399 g/mol. The fraction of sp³-hybridized carbons (Fsp3) is 0.0870. The molecule has 4 aromatic rings. The fourth-order valence-corrected chi connectivity index (χ4v) is 3.05. The lowest BCUT2D eigenvalue weighted by Gasteiger charge is -2.12. The van der Waals surface area contributed by atoms with Crippen molar-refractivity contribution >= 4 is 34.3 Å². The van der Waals surface area contributed by atoms with Crippen LogP contribution in [0.25, 0.3) is 11.0 Å². The molecule has 0 saturated carbocycles. The Morgan fingerprint density at radius 1 is 0.833 bits per heavy atom. The summed E-state index contributed by atoms with van der Waals surface area (Å²) in [4.78, 5) is 32.4. The van der Waals surface area contributed by atoms with Crippen LogP contribution in [0.5, 0.6) is 0 Å². The predicted octanol–water partition coefficient (Wildman–Crippen LogP) is 4.70. The third kappa shape index (κ3) is 4.47. The summed E-state index contributed by atoms with van der Waals surface area (Å²) < 4.78 is 0. The number of aromatic amines is 1. The van der Waals surface area contributed by atoms with Gasteiger partial charge in [-0.2, -0.15) is 0 Å². The Balaban J connectivity index is 1.36. The van der Waals surface area contributed by atoms with E-state index < -0.39 is 0 Å². The number of nitrogens with one attached hydrogen (secondary N) is 4. The number of nitrogens with zero attached hydrogens (tertiary/aromatic N) is 1. The maximum atomic E-state index is 12.6. The van der Waals surface area contributed by atoms with Crippen molar-refractivity contribution in [2.75, 3.05) is 10.6 Å². The molecule has 0 bridgehead atoms. The molecule has 0 saturated heterocycles. The Morgan fingerprint density at radius 2 is 1.47 bits per heavy atom. The van der Waals surface area contributed by atoms with E-state index in [0.717, 1.165) is 11.0 Å². The first-order valence-electron chi connectivity index (χ1n) is 9.57. The Morgan fingerprint density at radius 3 is 2.17 bits per heavy atom. The van der Waals surface area contributed by atoms with Gasteiger partial charge >= 0.3 is 6.03 Å². The Bertz CT molecular complexity index is 1140. The highest BCUT2D eigenvalue weighted by Gasteiger charge is 2.15. The van der Waals surface area contributed by atoms with Crippen LogP contribution < -0.4 is 16.0 Å². The van der Waals surface area contributed by atoms with Crippen molar-refractivity contribution in [3.63, 3.8) is 0 Å². The van der Waals surface area contributed by atoms with E-state index in [-0.39, 0.29) is 18.0 Å². The van der Waals surface area contributed by atoms with Gasteiger partial charge in [0.15, 0.2) is 0 Å². The summed E-state index contributed by atoms with van der Waals surface area (Å²) in [6.45, 7) is 1.87. The molecule has 4 rings (SSSR count). The molecule has 1 unspecified atom stereocenters. The van der Waals surface area contributed by atoms with Gasteiger partial charge in [-0.15, -0.1) is 0 Å². The van der Waals surface area contributed by atoms with Crippen LogP contribution in [0.1, 0.15) is 29.1 Å². The summed E-state index contributed by atoms with van der Waals surface area (Å²) in [6.07, 6.45) is 0. The number of carbonyl (C=O) groups is 2. The van der Waals surface area contributed by atoms with E-state index in [1.165, 1.54) is 0 Å². The molecule has 7 heteroatoms. The predicted molar refractivity (Wildman–Crippen MR) is 118 cm³/mol.